The second-order valence-electron chi connectivity index (χ2n) is 5.64. The second-order valence-corrected chi connectivity index (χ2v) is 5.64. The van der Waals surface area contributed by atoms with Crippen LogP contribution in [0, 0.1) is 6.57 Å². The highest BCUT2D eigenvalue weighted by Crippen LogP contribution is 2.40. The Morgan fingerprint density at radius 2 is 1.72 bits per heavy atom. The van der Waals surface area contributed by atoms with Gasteiger partial charge in [-0.25, -0.2) is 6.57 Å². The van der Waals surface area contributed by atoms with Gasteiger partial charge in [-0.2, -0.15) is 0 Å². The maximum Gasteiger partial charge on any atom is 0.257 e. The van der Waals surface area contributed by atoms with Gasteiger partial charge in [-0.05, 0) is 32.5 Å². The standard InChI is InChI=1S/C16H22N2/c1-17-16(11-5-4-6-12-16)15-9-7-14(8-10-15)13-18(2)3/h7-10H,4-6,11-13H2,2-3H3. The van der Waals surface area contributed by atoms with Crippen LogP contribution >= 0.6 is 0 Å². The van der Waals surface area contributed by atoms with Crippen LogP contribution in [-0.2, 0) is 12.1 Å². The highest BCUT2D eigenvalue weighted by atomic mass is 15.0. The normalized spacial score (nSPS) is 18.6. The average molecular weight is 242 g/mol. The predicted molar refractivity (Wildman–Crippen MR) is 75.2 cm³/mol. The molecule has 1 aliphatic carbocycles. The zero-order valence-corrected chi connectivity index (χ0v) is 11.4. The average Bonchev–Trinajstić information content (AvgIpc) is 2.39. The molecule has 0 aromatic heterocycles. The lowest BCUT2D eigenvalue weighted by Crippen LogP contribution is -2.25. The molecule has 1 aromatic carbocycles. The van der Waals surface area contributed by atoms with E-state index in [9.17, 15) is 0 Å². The second kappa shape index (κ2) is 5.54. The molecule has 0 amide bonds. The van der Waals surface area contributed by atoms with E-state index in [2.05, 4.69) is 48.1 Å². The summed E-state index contributed by atoms with van der Waals surface area (Å²) in [6.45, 7) is 8.53. The molecule has 0 aliphatic heterocycles. The molecule has 2 nitrogen and oxygen atoms in total. The topological polar surface area (TPSA) is 7.60 Å². The minimum absolute atomic E-state index is 0.227. The van der Waals surface area contributed by atoms with Crippen LogP contribution in [-0.4, -0.2) is 19.0 Å². The van der Waals surface area contributed by atoms with Crippen molar-refractivity contribution in [1.29, 1.82) is 0 Å². The largest absolute Gasteiger partial charge is 0.305 e. The number of hydrogen-bond acceptors (Lipinski definition) is 1. The van der Waals surface area contributed by atoms with E-state index in [0.717, 1.165) is 19.4 Å². The Balaban J connectivity index is 2.19. The smallest absolute Gasteiger partial charge is 0.257 e. The van der Waals surface area contributed by atoms with Gasteiger partial charge in [0.1, 0.15) is 0 Å². The lowest BCUT2D eigenvalue weighted by Gasteiger charge is -2.26. The molecule has 0 saturated heterocycles. The van der Waals surface area contributed by atoms with Crippen LogP contribution in [0.15, 0.2) is 24.3 Å². The van der Waals surface area contributed by atoms with Crippen LogP contribution in [0.5, 0.6) is 0 Å². The third kappa shape index (κ3) is 2.73. The van der Waals surface area contributed by atoms with Crippen molar-refractivity contribution in [2.75, 3.05) is 14.1 Å². The van der Waals surface area contributed by atoms with Gasteiger partial charge in [0.15, 0.2) is 0 Å². The van der Waals surface area contributed by atoms with E-state index in [1.807, 2.05) is 0 Å². The molecule has 1 aromatic rings. The number of nitrogens with zero attached hydrogens (tertiary/aromatic N) is 2. The summed E-state index contributed by atoms with van der Waals surface area (Å²) < 4.78 is 0. The van der Waals surface area contributed by atoms with Crippen LogP contribution < -0.4 is 0 Å². The van der Waals surface area contributed by atoms with E-state index < -0.39 is 0 Å². The highest BCUT2D eigenvalue weighted by Gasteiger charge is 2.39. The van der Waals surface area contributed by atoms with Crippen LogP contribution in [0.1, 0.15) is 43.2 Å². The quantitative estimate of drug-likeness (QED) is 0.731. The summed E-state index contributed by atoms with van der Waals surface area (Å²) in [6.07, 6.45) is 5.74. The van der Waals surface area contributed by atoms with Crippen molar-refractivity contribution in [3.8, 4) is 0 Å². The van der Waals surface area contributed by atoms with Gasteiger partial charge in [0.05, 0.1) is 0 Å². The molecule has 2 heteroatoms. The molecule has 1 saturated carbocycles. The van der Waals surface area contributed by atoms with E-state index in [1.54, 1.807) is 0 Å². The molecule has 0 bridgehead atoms. The summed E-state index contributed by atoms with van der Waals surface area (Å²) >= 11 is 0. The summed E-state index contributed by atoms with van der Waals surface area (Å²) in [5.41, 5.74) is 2.31. The maximum absolute atomic E-state index is 7.57. The Kier molecular flexibility index (Phi) is 4.04. The monoisotopic (exact) mass is 242 g/mol. The minimum Gasteiger partial charge on any atom is -0.305 e. The van der Waals surface area contributed by atoms with E-state index >= 15 is 0 Å². The Hall–Kier alpha value is -1.33. The predicted octanol–water partition coefficient (Wildman–Crippen LogP) is 3.83. The number of hydrogen-bond donors (Lipinski definition) is 0. The maximum atomic E-state index is 7.57. The summed E-state index contributed by atoms with van der Waals surface area (Å²) in [5, 5.41) is 0. The molecule has 0 heterocycles. The van der Waals surface area contributed by atoms with Crippen LogP contribution in [0.2, 0.25) is 0 Å². The van der Waals surface area contributed by atoms with E-state index in [-0.39, 0.29) is 5.54 Å². The molecule has 0 unspecified atom stereocenters. The molecule has 18 heavy (non-hydrogen) atoms. The van der Waals surface area contributed by atoms with Crippen molar-refractivity contribution < 1.29 is 0 Å². The fraction of sp³-hybridized carbons (Fsp3) is 0.562. The lowest BCUT2D eigenvalue weighted by atomic mass is 9.77. The van der Waals surface area contributed by atoms with Crippen LogP contribution in [0.4, 0.5) is 0 Å². The molecule has 0 N–H and O–H groups in total. The van der Waals surface area contributed by atoms with E-state index in [1.165, 1.54) is 30.4 Å². The molecule has 96 valence electrons. The number of rotatable bonds is 3. The molecule has 0 spiro atoms. The van der Waals surface area contributed by atoms with E-state index in [0.29, 0.717) is 0 Å². The van der Waals surface area contributed by atoms with Crippen molar-refractivity contribution >= 4 is 0 Å². The van der Waals surface area contributed by atoms with Crippen molar-refractivity contribution in [3.63, 3.8) is 0 Å². The summed E-state index contributed by atoms with van der Waals surface area (Å²) in [6, 6.07) is 8.69. The van der Waals surface area contributed by atoms with Gasteiger partial charge < -0.3 is 9.74 Å². The summed E-state index contributed by atoms with van der Waals surface area (Å²) in [4.78, 5) is 6.15. The Morgan fingerprint density at radius 1 is 1.11 bits per heavy atom. The lowest BCUT2D eigenvalue weighted by molar-refractivity contribution is 0.354. The molecular formula is C16H22N2. The first-order valence-electron chi connectivity index (χ1n) is 6.79. The first kappa shape index (κ1) is 13.1. The van der Waals surface area contributed by atoms with Gasteiger partial charge in [0.2, 0.25) is 0 Å². The van der Waals surface area contributed by atoms with Gasteiger partial charge >= 0.3 is 0 Å². The molecular weight excluding hydrogens is 220 g/mol. The van der Waals surface area contributed by atoms with Gasteiger partial charge in [-0.15, -0.1) is 0 Å². The Labute approximate surface area is 110 Å². The zero-order chi connectivity index (χ0) is 13.0. The first-order valence-corrected chi connectivity index (χ1v) is 6.79. The van der Waals surface area contributed by atoms with Crippen molar-refractivity contribution in [1.82, 2.24) is 4.90 Å². The molecule has 1 fully saturated rings. The SMILES string of the molecule is [C-]#[N+]C1(c2ccc(CN(C)C)cc2)CCCCC1. The fourth-order valence-electron chi connectivity index (χ4n) is 2.89. The Morgan fingerprint density at radius 3 is 2.22 bits per heavy atom. The van der Waals surface area contributed by atoms with E-state index in [4.69, 9.17) is 6.57 Å². The molecule has 0 radical (unpaired) electrons. The van der Waals surface area contributed by atoms with Crippen molar-refractivity contribution in [2.24, 2.45) is 0 Å². The number of benzene rings is 1. The minimum atomic E-state index is -0.227. The third-order valence-electron chi connectivity index (χ3n) is 3.88. The van der Waals surface area contributed by atoms with Gasteiger partial charge in [0.25, 0.3) is 5.54 Å². The zero-order valence-electron chi connectivity index (χ0n) is 11.4. The summed E-state index contributed by atoms with van der Waals surface area (Å²) in [5.74, 6) is 0. The van der Waals surface area contributed by atoms with Gasteiger partial charge in [0, 0.05) is 24.9 Å². The van der Waals surface area contributed by atoms with Crippen molar-refractivity contribution in [2.45, 2.75) is 44.2 Å². The van der Waals surface area contributed by atoms with Crippen molar-refractivity contribution in [3.05, 3.63) is 46.8 Å². The third-order valence-corrected chi connectivity index (χ3v) is 3.88. The Bertz CT molecular complexity index is 419. The molecule has 0 atom stereocenters. The fourth-order valence-corrected chi connectivity index (χ4v) is 2.89. The van der Waals surface area contributed by atoms with Gasteiger partial charge in [-0.1, -0.05) is 30.7 Å². The van der Waals surface area contributed by atoms with Crippen LogP contribution in [0.25, 0.3) is 4.85 Å². The van der Waals surface area contributed by atoms with Gasteiger partial charge in [-0.3, -0.25) is 0 Å². The first-order chi connectivity index (χ1) is 8.66. The molecule has 2 rings (SSSR count). The molecule has 1 aliphatic rings. The van der Waals surface area contributed by atoms with Crippen LogP contribution in [0.3, 0.4) is 0 Å². The summed E-state index contributed by atoms with van der Waals surface area (Å²) in [7, 11) is 4.16. The highest BCUT2D eigenvalue weighted by molar-refractivity contribution is 5.32.